The molecular formula is C14H19N3O3. The minimum absolute atomic E-state index is 0.0586. The topological polar surface area (TPSA) is 73.7 Å². The average molecular weight is 277 g/mol. The molecule has 1 saturated heterocycles. The van der Waals surface area contributed by atoms with Crippen molar-refractivity contribution in [2.24, 2.45) is 11.8 Å². The Morgan fingerprint density at radius 2 is 2.25 bits per heavy atom. The molecular weight excluding hydrogens is 258 g/mol. The molecule has 1 aliphatic rings. The van der Waals surface area contributed by atoms with Crippen LogP contribution in [0.1, 0.15) is 12.5 Å². The second-order valence-corrected chi connectivity index (χ2v) is 5.29. The number of pyridine rings is 1. The highest BCUT2D eigenvalue weighted by atomic mass is 16.4. The first-order chi connectivity index (χ1) is 9.49. The number of nitrogens with zero attached hydrogens (tertiary/aromatic N) is 3. The number of amides is 2. The third kappa shape index (κ3) is 3.07. The summed E-state index contributed by atoms with van der Waals surface area (Å²) in [6, 6.07) is 3.69. The SMILES string of the molecule is CC(C(=O)O)C1CN(C(=O)N(C)Cc2cccnc2)C1. The van der Waals surface area contributed by atoms with Crippen molar-refractivity contribution in [1.82, 2.24) is 14.8 Å². The van der Waals surface area contributed by atoms with E-state index in [1.165, 1.54) is 0 Å². The van der Waals surface area contributed by atoms with Crippen molar-refractivity contribution < 1.29 is 14.7 Å². The second-order valence-electron chi connectivity index (χ2n) is 5.29. The van der Waals surface area contributed by atoms with Crippen molar-refractivity contribution in [2.75, 3.05) is 20.1 Å². The van der Waals surface area contributed by atoms with Crippen LogP contribution in [0.15, 0.2) is 24.5 Å². The molecule has 0 spiro atoms. The molecule has 20 heavy (non-hydrogen) atoms. The fourth-order valence-electron chi connectivity index (χ4n) is 2.26. The molecule has 0 bridgehead atoms. The van der Waals surface area contributed by atoms with Crippen LogP contribution >= 0.6 is 0 Å². The summed E-state index contributed by atoms with van der Waals surface area (Å²) < 4.78 is 0. The summed E-state index contributed by atoms with van der Waals surface area (Å²) >= 11 is 0. The fraction of sp³-hybridized carbons (Fsp3) is 0.500. The first-order valence-electron chi connectivity index (χ1n) is 6.60. The predicted octanol–water partition coefficient (Wildman–Crippen LogP) is 1.29. The van der Waals surface area contributed by atoms with Crippen molar-refractivity contribution in [3.63, 3.8) is 0 Å². The predicted molar refractivity (Wildman–Crippen MR) is 73.0 cm³/mol. The van der Waals surface area contributed by atoms with E-state index in [1.54, 1.807) is 36.2 Å². The molecule has 0 radical (unpaired) electrons. The number of hydrogen-bond acceptors (Lipinski definition) is 3. The first-order valence-corrected chi connectivity index (χ1v) is 6.60. The van der Waals surface area contributed by atoms with Crippen molar-refractivity contribution in [3.8, 4) is 0 Å². The van der Waals surface area contributed by atoms with Crippen LogP contribution in [-0.2, 0) is 11.3 Å². The molecule has 0 aromatic carbocycles. The number of aliphatic carboxylic acids is 1. The summed E-state index contributed by atoms with van der Waals surface area (Å²) in [5.41, 5.74) is 0.972. The number of carbonyl (C=O) groups is 2. The molecule has 2 heterocycles. The van der Waals surface area contributed by atoms with Gasteiger partial charge in [0.05, 0.1) is 5.92 Å². The highest BCUT2D eigenvalue weighted by Crippen LogP contribution is 2.25. The number of hydrogen-bond donors (Lipinski definition) is 1. The number of likely N-dealkylation sites (tertiary alicyclic amines) is 1. The Hall–Kier alpha value is -2.11. The second kappa shape index (κ2) is 5.90. The Bertz CT molecular complexity index is 486. The molecule has 1 aromatic heterocycles. The van der Waals surface area contributed by atoms with Crippen LogP contribution < -0.4 is 0 Å². The standard InChI is InChI=1S/C14H19N3O3/c1-10(13(18)19)12-8-17(9-12)14(20)16(2)7-11-4-3-5-15-6-11/h3-6,10,12H,7-9H2,1-2H3,(H,18,19). The zero-order chi connectivity index (χ0) is 14.7. The molecule has 2 rings (SSSR count). The summed E-state index contributed by atoms with van der Waals surface area (Å²) in [5, 5.41) is 8.93. The van der Waals surface area contributed by atoms with Crippen molar-refractivity contribution in [1.29, 1.82) is 0 Å². The van der Waals surface area contributed by atoms with E-state index in [0.29, 0.717) is 19.6 Å². The number of carboxylic acid groups (broad SMARTS) is 1. The minimum Gasteiger partial charge on any atom is -0.481 e. The van der Waals surface area contributed by atoms with E-state index in [-0.39, 0.29) is 11.9 Å². The molecule has 1 aromatic rings. The highest BCUT2D eigenvalue weighted by molar-refractivity contribution is 5.76. The Morgan fingerprint density at radius 3 is 2.80 bits per heavy atom. The molecule has 6 heteroatoms. The molecule has 1 aliphatic heterocycles. The number of urea groups is 1. The molecule has 2 amide bonds. The molecule has 108 valence electrons. The quantitative estimate of drug-likeness (QED) is 0.900. The van der Waals surface area contributed by atoms with Gasteiger partial charge in [-0.3, -0.25) is 9.78 Å². The van der Waals surface area contributed by atoms with E-state index >= 15 is 0 Å². The van der Waals surface area contributed by atoms with E-state index in [4.69, 9.17) is 5.11 Å². The van der Waals surface area contributed by atoms with Gasteiger partial charge in [0.15, 0.2) is 0 Å². The van der Waals surface area contributed by atoms with Gasteiger partial charge in [-0.2, -0.15) is 0 Å². The summed E-state index contributed by atoms with van der Waals surface area (Å²) in [6.45, 7) is 3.23. The summed E-state index contributed by atoms with van der Waals surface area (Å²) in [5.74, 6) is -1.14. The lowest BCUT2D eigenvalue weighted by molar-refractivity contribution is -0.144. The Kier molecular flexibility index (Phi) is 4.22. The van der Waals surface area contributed by atoms with E-state index in [2.05, 4.69) is 4.98 Å². The lowest BCUT2D eigenvalue weighted by atomic mass is 9.87. The van der Waals surface area contributed by atoms with Crippen LogP contribution in [0.4, 0.5) is 4.79 Å². The van der Waals surface area contributed by atoms with E-state index < -0.39 is 11.9 Å². The molecule has 1 unspecified atom stereocenters. The van der Waals surface area contributed by atoms with Gasteiger partial charge in [-0.1, -0.05) is 13.0 Å². The van der Waals surface area contributed by atoms with Crippen molar-refractivity contribution >= 4 is 12.0 Å². The Balaban J connectivity index is 1.83. The van der Waals surface area contributed by atoms with Crippen LogP contribution in [0, 0.1) is 11.8 Å². The summed E-state index contributed by atoms with van der Waals surface area (Å²) in [4.78, 5) is 30.3. The monoisotopic (exact) mass is 277 g/mol. The maximum absolute atomic E-state index is 12.2. The Morgan fingerprint density at radius 1 is 1.55 bits per heavy atom. The van der Waals surface area contributed by atoms with Gasteiger partial charge in [-0.25, -0.2) is 4.79 Å². The number of rotatable bonds is 4. The van der Waals surface area contributed by atoms with Gasteiger partial charge in [0.1, 0.15) is 0 Å². The number of carboxylic acids is 1. The van der Waals surface area contributed by atoms with Crippen molar-refractivity contribution in [3.05, 3.63) is 30.1 Å². The zero-order valence-electron chi connectivity index (χ0n) is 11.7. The van der Waals surface area contributed by atoms with Crippen LogP contribution in [0.3, 0.4) is 0 Å². The average Bonchev–Trinajstić information content (AvgIpc) is 2.37. The molecule has 0 saturated carbocycles. The van der Waals surface area contributed by atoms with Crippen LogP contribution in [-0.4, -0.2) is 52.0 Å². The lowest BCUT2D eigenvalue weighted by Crippen LogP contribution is -2.56. The zero-order valence-corrected chi connectivity index (χ0v) is 11.7. The first kappa shape index (κ1) is 14.3. The fourth-order valence-corrected chi connectivity index (χ4v) is 2.26. The molecule has 0 aliphatic carbocycles. The molecule has 1 fully saturated rings. The van der Waals surface area contributed by atoms with Crippen molar-refractivity contribution in [2.45, 2.75) is 13.5 Å². The van der Waals surface area contributed by atoms with E-state index in [9.17, 15) is 9.59 Å². The van der Waals surface area contributed by atoms with Gasteiger partial charge in [-0.05, 0) is 11.6 Å². The van der Waals surface area contributed by atoms with Crippen LogP contribution in [0.2, 0.25) is 0 Å². The van der Waals surface area contributed by atoms with Gasteiger partial charge < -0.3 is 14.9 Å². The normalized spacial score (nSPS) is 16.4. The maximum Gasteiger partial charge on any atom is 0.320 e. The highest BCUT2D eigenvalue weighted by Gasteiger charge is 2.38. The molecule has 6 nitrogen and oxygen atoms in total. The summed E-state index contributed by atoms with van der Waals surface area (Å²) in [7, 11) is 1.74. The van der Waals surface area contributed by atoms with E-state index in [0.717, 1.165) is 5.56 Å². The van der Waals surface area contributed by atoms with Gasteiger partial charge in [0.25, 0.3) is 0 Å². The smallest absolute Gasteiger partial charge is 0.320 e. The maximum atomic E-state index is 12.2. The Labute approximate surface area is 118 Å². The minimum atomic E-state index is -0.800. The van der Waals surface area contributed by atoms with Gasteiger partial charge in [0, 0.05) is 45.0 Å². The third-order valence-electron chi connectivity index (χ3n) is 3.75. The lowest BCUT2D eigenvalue weighted by Gasteiger charge is -2.42. The summed E-state index contributed by atoms with van der Waals surface area (Å²) in [6.07, 6.45) is 3.42. The number of aromatic nitrogens is 1. The van der Waals surface area contributed by atoms with Gasteiger partial charge >= 0.3 is 12.0 Å². The largest absolute Gasteiger partial charge is 0.481 e. The molecule has 1 N–H and O–H groups in total. The number of carbonyl (C=O) groups excluding carboxylic acids is 1. The van der Waals surface area contributed by atoms with E-state index in [1.807, 2.05) is 12.1 Å². The van der Waals surface area contributed by atoms with Crippen LogP contribution in [0.25, 0.3) is 0 Å². The van der Waals surface area contributed by atoms with Crippen LogP contribution in [0.5, 0.6) is 0 Å². The molecule has 1 atom stereocenters. The van der Waals surface area contributed by atoms with Gasteiger partial charge in [-0.15, -0.1) is 0 Å². The third-order valence-corrected chi connectivity index (χ3v) is 3.75. The van der Waals surface area contributed by atoms with Gasteiger partial charge in [0.2, 0.25) is 0 Å².